The molecule has 0 aliphatic heterocycles. The van der Waals surface area contributed by atoms with E-state index >= 15 is 0 Å². The smallest absolute Gasteiger partial charge is 0.407 e. The van der Waals surface area contributed by atoms with Crippen molar-refractivity contribution in [2.45, 2.75) is 44.2 Å². The van der Waals surface area contributed by atoms with Crippen molar-refractivity contribution in [2.24, 2.45) is 0 Å². The molecule has 0 aromatic rings. The second-order valence-electron chi connectivity index (χ2n) is 5.83. The first-order chi connectivity index (χ1) is 12.8. The molecule has 0 bridgehead atoms. The minimum Gasteiger partial charge on any atom is -0.447 e. The van der Waals surface area contributed by atoms with E-state index in [1.165, 1.54) is 21.3 Å². The van der Waals surface area contributed by atoms with Gasteiger partial charge in [0, 0.05) is 21.3 Å². The highest BCUT2D eigenvalue weighted by molar-refractivity contribution is 5.68. The van der Waals surface area contributed by atoms with Gasteiger partial charge in [-0.15, -0.1) is 0 Å². The van der Waals surface area contributed by atoms with Gasteiger partial charge in [-0.25, -0.2) is 9.59 Å². The van der Waals surface area contributed by atoms with Crippen molar-refractivity contribution in [2.75, 3.05) is 47.8 Å². The van der Waals surface area contributed by atoms with E-state index in [-0.39, 0.29) is 26.4 Å². The second-order valence-corrected chi connectivity index (χ2v) is 5.83. The summed E-state index contributed by atoms with van der Waals surface area (Å²) in [5, 5.41) is 23.2. The van der Waals surface area contributed by atoms with Gasteiger partial charge in [0.1, 0.15) is 31.5 Å². The van der Waals surface area contributed by atoms with E-state index in [4.69, 9.17) is 33.9 Å². The van der Waals surface area contributed by atoms with Crippen LogP contribution in [-0.2, 0) is 23.7 Å². The average Bonchev–Trinajstić information content (AvgIpc) is 2.63. The predicted octanol–water partition coefficient (Wildman–Crippen LogP) is -0.755. The maximum absolute atomic E-state index is 11.8. The van der Waals surface area contributed by atoms with Crippen LogP contribution in [0, 0.1) is 0 Å². The van der Waals surface area contributed by atoms with E-state index in [2.05, 4.69) is 10.6 Å². The first-order valence-corrected chi connectivity index (χ1v) is 8.49. The van der Waals surface area contributed by atoms with Crippen LogP contribution >= 0.6 is 0 Å². The van der Waals surface area contributed by atoms with E-state index in [9.17, 15) is 9.59 Å². The van der Waals surface area contributed by atoms with Crippen molar-refractivity contribution in [3.05, 3.63) is 0 Å². The highest BCUT2D eigenvalue weighted by Gasteiger charge is 2.21. The summed E-state index contributed by atoms with van der Waals surface area (Å²) in [5.74, 6) is 0. The Labute approximate surface area is 159 Å². The number of alkyl carbamates (subject to hydrolysis) is 2. The van der Waals surface area contributed by atoms with Crippen LogP contribution in [0.4, 0.5) is 9.59 Å². The molecule has 0 rings (SSSR count). The summed E-state index contributed by atoms with van der Waals surface area (Å²) in [4.78, 5) is 23.5. The maximum Gasteiger partial charge on any atom is 0.407 e. The zero-order valence-corrected chi connectivity index (χ0v) is 16.5. The number of hydrogen-bond acceptors (Lipinski definition) is 9. The summed E-state index contributed by atoms with van der Waals surface area (Å²) in [7, 11) is 4.23. The summed E-state index contributed by atoms with van der Waals surface area (Å²) in [6, 6.07) is -0.922. The van der Waals surface area contributed by atoms with Crippen LogP contribution in [0.2, 0.25) is 0 Å². The molecule has 4 N–H and O–H groups in total. The van der Waals surface area contributed by atoms with Gasteiger partial charge in [-0.05, 0) is 13.8 Å². The molecule has 0 saturated carbocycles. The summed E-state index contributed by atoms with van der Waals surface area (Å²) in [6.45, 7) is 2.53. The Morgan fingerprint density at radius 3 is 1.41 bits per heavy atom. The van der Waals surface area contributed by atoms with E-state index in [0.717, 1.165) is 0 Å². The molecule has 4 atom stereocenters. The Morgan fingerprint density at radius 1 is 0.778 bits per heavy atom. The van der Waals surface area contributed by atoms with Crippen LogP contribution in [-0.4, -0.2) is 101 Å². The van der Waals surface area contributed by atoms with Gasteiger partial charge in [-0.1, -0.05) is 0 Å². The molecular weight excluding hydrogens is 364 g/mol. The van der Waals surface area contributed by atoms with E-state index in [1.54, 1.807) is 13.8 Å². The first-order valence-electron chi connectivity index (χ1n) is 8.49. The number of carbonyl (C=O) groups excluding carboxylic acids is 2. The lowest BCUT2D eigenvalue weighted by atomic mass is 10.2. The van der Waals surface area contributed by atoms with Gasteiger partial charge in [0.15, 0.2) is 0 Å². The number of aliphatic hydroxyl groups is 2. The van der Waals surface area contributed by atoms with Crippen molar-refractivity contribution in [1.82, 2.24) is 10.6 Å². The molecule has 160 valence electrons. The molecule has 11 heteroatoms. The topological polar surface area (TPSA) is 145 Å². The summed E-state index contributed by atoms with van der Waals surface area (Å²) >= 11 is 0. The van der Waals surface area contributed by atoms with Gasteiger partial charge >= 0.3 is 12.2 Å². The molecule has 27 heavy (non-hydrogen) atoms. The number of aliphatic hydroxyl groups excluding tert-OH is 2. The fraction of sp³-hybridized carbons (Fsp3) is 0.875. The normalized spacial score (nSPS) is 16.6. The number of nitrogens with one attached hydrogen (secondary N) is 2. The number of hydrogen-bond donors (Lipinski definition) is 4. The standard InChI is InChI=1S/C16H32N2O9/c1-10(13(6-19)24-4)17-15(21)26-8-12(23-3)9-27-16(22)18-11(2)14(7-20)25-5/h10-14,19-20H,6-9H2,1-5H3,(H,17,21)(H,18,22). The lowest BCUT2D eigenvalue weighted by Gasteiger charge is -2.23. The molecule has 0 radical (unpaired) electrons. The third-order valence-corrected chi connectivity index (χ3v) is 3.91. The minimum atomic E-state index is -0.719. The van der Waals surface area contributed by atoms with Crippen molar-refractivity contribution < 1.29 is 43.5 Å². The third kappa shape index (κ3) is 10.3. The lowest BCUT2D eigenvalue weighted by Crippen LogP contribution is -2.45. The molecule has 0 heterocycles. The zero-order valence-electron chi connectivity index (χ0n) is 16.5. The van der Waals surface area contributed by atoms with Crippen LogP contribution in [0.25, 0.3) is 0 Å². The number of amides is 2. The Kier molecular flexibility index (Phi) is 13.5. The molecule has 0 fully saturated rings. The maximum atomic E-state index is 11.8. The van der Waals surface area contributed by atoms with E-state index in [0.29, 0.717) is 0 Å². The van der Waals surface area contributed by atoms with Gasteiger partial charge in [-0.2, -0.15) is 0 Å². The van der Waals surface area contributed by atoms with E-state index < -0.39 is 42.6 Å². The second kappa shape index (κ2) is 14.4. The van der Waals surface area contributed by atoms with Crippen molar-refractivity contribution in [3.8, 4) is 0 Å². The lowest BCUT2D eigenvalue weighted by molar-refractivity contribution is -0.0115. The highest BCUT2D eigenvalue weighted by atomic mass is 16.6. The number of rotatable bonds is 13. The minimum absolute atomic E-state index is 0.147. The first kappa shape index (κ1) is 25.3. The molecule has 0 aromatic heterocycles. The van der Waals surface area contributed by atoms with Crippen molar-refractivity contribution >= 4 is 12.2 Å². The Hall–Kier alpha value is -1.66. The van der Waals surface area contributed by atoms with Gasteiger partial charge in [0.25, 0.3) is 0 Å². The molecule has 0 aliphatic rings. The Morgan fingerprint density at radius 2 is 1.15 bits per heavy atom. The third-order valence-electron chi connectivity index (χ3n) is 3.91. The number of carbonyl (C=O) groups is 2. The van der Waals surface area contributed by atoms with Crippen molar-refractivity contribution in [1.29, 1.82) is 0 Å². The van der Waals surface area contributed by atoms with Crippen molar-refractivity contribution in [3.63, 3.8) is 0 Å². The molecule has 0 spiro atoms. The van der Waals surface area contributed by atoms with Crippen LogP contribution in [0.5, 0.6) is 0 Å². The van der Waals surface area contributed by atoms with Gasteiger partial charge in [0.05, 0.1) is 25.3 Å². The number of ether oxygens (including phenoxy) is 5. The molecule has 2 amide bonds. The van der Waals surface area contributed by atoms with E-state index in [1.807, 2.05) is 0 Å². The van der Waals surface area contributed by atoms with Crippen LogP contribution in [0.3, 0.4) is 0 Å². The highest BCUT2D eigenvalue weighted by Crippen LogP contribution is 2.01. The molecule has 11 nitrogen and oxygen atoms in total. The molecule has 0 aromatic carbocycles. The fourth-order valence-electron chi connectivity index (χ4n) is 2.04. The van der Waals surface area contributed by atoms with Crippen LogP contribution in [0.15, 0.2) is 0 Å². The SMILES string of the molecule is COC(COC(=O)NC(C)C(CO)OC)COC(=O)NC(C)C(CO)OC. The Bertz CT molecular complexity index is 381. The molecule has 0 saturated heterocycles. The summed E-state index contributed by atoms with van der Waals surface area (Å²) < 4.78 is 25.1. The van der Waals surface area contributed by atoms with Crippen LogP contribution in [0.1, 0.15) is 13.8 Å². The number of methoxy groups -OCH3 is 3. The predicted molar refractivity (Wildman–Crippen MR) is 94.5 cm³/mol. The van der Waals surface area contributed by atoms with Gasteiger partial charge in [0.2, 0.25) is 0 Å². The summed E-state index contributed by atoms with van der Waals surface area (Å²) in [6.07, 6.45) is -3.22. The van der Waals surface area contributed by atoms with Gasteiger partial charge < -0.3 is 44.5 Å². The molecular formula is C16H32N2O9. The largest absolute Gasteiger partial charge is 0.447 e. The molecule has 4 unspecified atom stereocenters. The summed E-state index contributed by atoms with van der Waals surface area (Å²) in [5.41, 5.74) is 0. The monoisotopic (exact) mass is 396 g/mol. The average molecular weight is 396 g/mol. The fourth-order valence-corrected chi connectivity index (χ4v) is 2.04. The quantitative estimate of drug-likeness (QED) is 0.316. The van der Waals surface area contributed by atoms with Crippen LogP contribution < -0.4 is 10.6 Å². The Balaban J connectivity index is 4.24. The zero-order chi connectivity index (χ0) is 20.8. The molecule has 0 aliphatic carbocycles. The van der Waals surface area contributed by atoms with Gasteiger partial charge in [-0.3, -0.25) is 0 Å².